The van der Waals surface area contributed by atoms with E-state index in [2.05, 4.69) is 6.07 Å². The van der Waals surface area contributed by atoms with Gasteiger partial charge in [-0.1, -0.05) is 0 Å². The zero-order valence-corrected chi connectivity index (χ0v) is 13.9. The van der Waals surface area contributed by atoms with Crippen molar-refractivity contribution in [3.05, 3.63) is 45.1 Å². The van der Waals surface area contributed by atoms with Crippen LogP contribution in [0.2, 0.25) is 0 Å². The summed E-state index contributed by atoms with van der Waals surface area (Å²) in [7, 11) is 3.32. The number of alkyl halides is 1. The van der Waals surface area contributed by atoms with Crippen molar-refractivity contribution in [2.45, 2.75) is 31.1 Å². The second-order valence-corrected chi connectivity index (χ2v) is 6.88. The normalized spacial score (nSPS) is 15.4. The van der Waals surface area contributed by atoms with E-state index in [-0.39, 0.29) is 5.38 Å². The van der Waals surface area contributed by atoms with Crippen LogP contribution in [0.25, 0.3) is 0 Å². The SMILES string of the molecule is COc1ccc(C(Cl)c2cc3c(s2)CCCC3)c(OC)c1. The van der Waals surface area contributed by atoms with Crippen LogP contribution in [0.3, 0.4) is 0 Å². The molecule has 1 unspecified atom stereocenters. The Morgan fingerprint density at radius 1 is 1.10 bits per heavy atom. The zero-order valence-electron chi connectivity index (χ0n) is 12.3. The minimum Gasteiger partial charge on any atom is -0.497 e. The fourth-order valence-electron chi connectivity index (χ4n) is 2.82. The van der Waals surface area contributed by atoms with Crippen LogP contribution in [-0.2, 0) is 12.8 Å². The third kappa shape index (κ3) is 2.90. The summed E-state index contributed by atoms with van der Waals surface area (Å²) >= 11 is 8.57. The molecule has 0 saturated carbocycles. The Morgan fingerprint density at radius 2 is 1.90 bits per heavy atom. The summed E-state index contributed by atoms with van der Waals surface area (Å²) in [4.78, 5) is 2.72. The average molecular weight is 323 g/mol. The number of methoxy groups -OCH3 is 2. The van der Waals surface area contributed by atoms with E-state index in [0.717, 1.165) is 17.1 Å². The molecule has 0 saturated heterocycles. The molecule has 1 atom stereocenters. The number of ether oxygens (including phenoxy) is 2. The lowest BCUT2D eigenvalue weighted by molar-refractivity contribution is 0.391. The number of rotatable bonds is 4. The summed E-state index contributed by atoms with van der Waals surface area (Å²) in [6, 6.07) is 8.09. The molecule has 1 aromatic carbocycles. The van der Waals surface area contributed by atoms with Crippen molar-refractivity contribution in [3.8, 4) is 11.5 Å². The first-order chi connectivity index (χ1) is 10.2. The van der Waals surface area contributed by atoms with E-state index in [1.807, 2.05) is 29.5 Å². The van der Waals surface area contributed by atoms with E-state index in [0.29, 0.717) is 0 Å². The maximum absolute atomic E-state index is 6.72. The summed E-state index contributed by atoms with van der Waals surface area (Å²) in [5, 5.41) is -0.165. The number of halogens is 1. The van der Waals surface area contributed by atoms with Crippen molar-refractivity contribution in [1.82, 2.24) is 0 Å². The zero-order chi connectivity index (χ0) is 14.8. The van der Waals surface area contributed by atoms with Crippen LogP contribution in [0.15, 0.2) is 24.3 Å². The highest BCUT2D eigenvalue weighted by atomic mass is 35.5. The summed E-state index contributed by atoms with van der Waals surface area (Å²) in [5.41, 5.74) is 2.48. The molecule has 0 spiro atoms. The number of hydrogen-bond donors (Lipinski definition) is 0. The molecule has 21 heavy (non-hydrogen) atoms. The van der Waals surface area contributed by atoms with Gasteiger partial charge >= 0.3 is 0 Å². The Kier molecular flexibility index (Phi) is 4.41. The molecule has 1 aliphatic rings. The lowest BCUT2D eigenvalue weighted by atomic mass is 9.98. The van der Waals surface area contributed by atoms with E-state index >= 15 is 0 Å². The summed E-state index contributed by atoms with van der Waals surface area (Å²) < 4.78 is 10.7. The Bertz CT molecular complexity index is 612. The first-order valence-electron chi connectivity index (χ1n) is 7.20. The van der Waals surface area contributed by atoms with Gasteiger partial charge in [-0.25, -0.2) is 0 Å². The molecule has 2 nitrogen and oxygen atoms in total. The maximum atomic E-state index is 6.72. The monoisotopic (exact) mass is 322 g/mol. The molecule has 0 aliphatic heterocycles. The van der Waals surface area contributed by atoms with Gasteiger partial charge in [0.2, 0.25) is 0 Å². The van der Waals surface area contributed by atoms with Crippen molar-refractivity contribution in [2.75, 3.05) is 14.2 Å². The molecule has 1 aliphatic carbocycles. The summed E-state index contributed by atoms with van der Waals surface area (Å²) in [6.07, 6.45) is 4.98. The van der Waals surface area contributed by atoms with Crippen LogP contribution in [0.1, 0.15) is 39.1 Å². The molecule has 1 aromatic heterocycles. The highest BCUT2D eigenvalue weighted by Crippen LogP contribution is 2.42. The van der Waals surface area contributed by atoms with E-state index < -0.39 is 0 Å². The topological polar surface area (TPSA) is 18.5 Å². The smallest absolute Gasteiger partial charge is 0.127 e. The van der Waals surface area contributed by atoms with E-state index in [1.54, 1.807) is 14.2 Å². The lowest BCUT2D eigenvalue weighted by Gasteiger charge is -2.14. The summed E-state index contributed by atoms with van der Waals surface area (Å²) in [5.74, 6) is 1.56. The number of fused-ring (bicyclic) bond motifs is 1. The Labute approximate surface area is 134 Å². The second-order valence-electron chi connectivity index (χ2n) is 5.27. The van der Waals surface area contributed by atoms with Crippen LogP contribution >= 0.6 is 22.9 Å². The molecular formula is C17H19ClO2S. The third-order valence-electron chi connectivity index (χ3n) is 3.98. The minimum atomic E-state index is -0.165. The van der Waals surface area contributed by atoms with Gasteiger partial charge < -0.3 is 9.47 Å². The Balaban J connectivity index is 1.94. The second kappa shape index (κ2) is 6.29. The van der Waals surface area contributed by atoms with Crippen molar-refractivity contribution < 1.29 is 9.47 Å². The molecule has 2 aromatic rings. The van der Waals surface area contributed by atoms with Gasteiger partial charge in [-0.2, -0.15) is 0 Å². The van der Waals surface area contributed by atoms with Crippen LogP contribution in [0.4, 0.5) is 0 Å². The largest absolute Gasteiger partial charge is 0.497 e. The molecule has 0 N–H and O–H groups in total. The van der Waals surface area contributed by atoms with E-state index in [4.69, 9.17) is 21.1 Å². The molecule has 3 rings (SSSR count). The number of thiophene rings is 1. The first kappa shape index (κ1) is 14.7. The molecule has 112 valence electrons. The van der Waals surface area contributed by atoms with Crippen molar-refractivity contribution in [2.24, 2.45) is 0 Å². The first-order valence-corrected chi connectivity index (χ1v) is 8.45. The number of aryl methyl sites for hydroxylation is 2. The molecule has 0 amide bonds. The fourth-order valence-corrected chi connectivity index (χ4v) is 4.45. The van der Waals surface area contributed by atoms with Gasteiger partial charge in [-0.15, -0.1) is 22.9 Å². The predicted octanol–water partition coefficient (Wildman–Crippen LogP) is 4.97. The van der Waals surface area contributed by atoms with Gasteiger partial charge in [0, 0.05) is 21.4 Å². The van der Waals surface area contributed by atoms with Gasteiger partial charge in [0.25, 0.3) is 0 Å². The molecule has 0 fully saturated rings. The summed E-state index contributed by atoms with van der Waals surface area (Å²) in [6.45, 7) is 0. The number of hydrogen-bond acceptors (Lipinski definition) is 3. The third-order valence-corrected chi connectivity index (χ3v) is 5.88. The molecule has 1 heterocycles. The van der Waals surface area contributed by atoms with Gasteiger partial charge in [-0.05, 0) is 49.4 Å². The van der Waals surface area contributed by atoms with Crippen molar-refractivity contribution >= 4 is 22.9 Å². The standard InChI is InChI=1S/C17H19ClO2S/c1-19-12-7-8-13(14(10-12)20-2)17(18)16-9-11-5-3-4-6-15(11)21-16/h7-10,17H,3-6H2,1-2H3. The molecule has 0 radical (unpaired) electrons. The van der Waals surface area contributed by atoms with Crippen LogP contribution in [0, 0.1) is 0 Å². The van der Waals surface area contributed by atoms with Crippen LogP contribution < -0.4 is 9.47 Å². The van der Waals surface area contributed by atoms with Crippen molar-refractivity contribution in [1.29, 1.82) is 0 Å². The maximum Gasteiger partial charge on any atom is 0.127 e. The highest BCUT2D eigenvalue weighted by Gasteiger charge is 2.21. The number of benzene rings is 1. The average Bonchev–Trinajstić information content (AvgIpc) is 2.97. The molecule has 0 bridgehead atoms. The Hall–Kier alpha value is -1.19. The van der Waals surface area contributed by atoms with Crippen LogP contribution in [-0.4, -0.2) is 14.2 Å². The van der Waals surface area contributed by atoms with Gasteiger partial charge in [0.1, 0.15) is 11.5 Å². The van der Waals surface area contributed by atoms with Gasteiger partial charge in [-0.3, -0.25) is 0 Å². The highest BCUT2D eigenvalue weighted by molar-refractivity contribution is 7.12. The Morgan fingerprint density at radius 3 is 2.62 bits per heavy atom. The van der Waals surface area contributed by atoms with E-state index in [1.165, 1.54) is 41.0 Å². The minimum absolute atomic E-state index is 0.165. The van der Waals surface area contributed by atoms with E-state index in [9.17, 15) is 0 Å². The molecule has 4 heteroatoms. The van der Waals surface area contributed by atoms with Crippen molar-refractivity contribution in [3.63, 3.8) is 0 Å². The van der Waals surface area contributed by atoms with Gasteiger partial charge in [0.05, 0.1) is 19.6 Å². The van der Waals surface area contributed by atoms with Gasteiger partial charge in [0.15, 0.2) is 0 Å². The quantitative estimate of drug-likeness (QED) is 0.740. The molecular weight excluding hydrogens is 304 g/mol. The lowest BCUT2D eigenvalue weighted by Crippen LogP contribution is -1.97. The van der Waals surface area contributed by atoms with Crippen LogP contribution in [0.5, 0.6) is 11.5 Å². The fraction of sp³-hybridized carbons (Fsp3) is 0.412. The predicted molar refractivity (Wildman–Crippen MR) is 88.2 cm³/mol.